The molecular formula is C20H33IN2O. The molecular weight excluding hydrogens is 411 g/mol. The van der Waals surface area contributed by atoms with Crippen LogP contribution < -0.4 is 5.32 Å². The lowest BCUT2D eigenvalue weighted by Crippen LogP contribution is -2.31. The molecule has 4 heteroatoms. The van der Waals surface area contributed by atoms with Gasteiger partial charge in [0.15, 0.2) is 0 Å². The predicted octanol–water partition coefficient (Wildman–Crippen LogP) is 4.88. The van der Waals surface area contributed by atoms with Gasteiger partial charge >= 0.3 is 0 Å². The zero-order valence-corrected chi connectivity index (χ0v) is 18.1. The Hall–Kier alpha value is -0.360. The van der Waals surface area contributed by atoms with Gasteiger partial charge in [0.05, 0.1) is 0 Å². The van der Waals surface area contributed by atoms with Crippen molar-refractivity contribution in [2.24, 2.45) is 16.7 Å². The van der Waals surface area contributed by atoms with Crippen LogP contribution in [0.4, 0.5) is 0 Å². The summed E-state index contributed by atoms with van der Waals surface area (Å²) in [6, 6.07) is 0. The lowest BCUT2D eigenvalue weighted by molar-refractivity contribution is -0.109. The van der Waals surface area contributed by atoms with Gasteiger partial charge in [-0.2, -0.15) is 0 Å². The lowest BCUT2D eigenvalue weighted by atomic mass is 9.71. The number of amides is 1. The molecule has 0 spiro atoms. The minimum Gasteiger partial charge on any atom is -0.332 e. The molecule has 24 heavy (non-hydrogen) atoms. The van der Waals surface area contributed by atoms with Crippen molar-refractivity contribution in [3.8, 4) is 0 Å². The quantitative estimate of drug-likeness (QED) is 0.468. The van der Waals surface area contributed by atoms with E-state index in [4.69, 9.17) is 0 Å². The van der Waals surface area contributed by atoms with Gasteiger partial charge in [-0.25, -0.2) is 0 Å². The number of halogens is 1. The van der Waals surface area contributed by atoms with E-state index in [1.807, 2.05) is 0 Å². The highest BCUT2D eigenvalue weighted by molar-refractivity contribution is 14.1. The molecule has 0 aromatic heterocycles. The third-order valence-corrected chi connectivity index (χ3v) is 6.51. The molecule has 2 unspecified atom stereocenters. The minimum absolute atomic E-state index is 0.296. The van der Waals surface area contributed by atoms with Crippen molar-refractivity contribution in [3.05, 3.63) is 20.9 Å². The van der Waals surface area contributed by atoms with Gasteiger partial charge in [0, 0.05) is 28.3 Å². The first-order valence-electron chi connectivity index (χ1n) is 9.16. The summed E-state index contributed by atoms with van der Waals surface area (Å²) in [7, 11) is 0. The molecule has 1 aliphatic heterocycles. The molecule has 3 nitrogen and oxygen atoms in total. The van der Waals surface area contributed by atoms with E-state index in [1.165, 1.54) is 35.1 Å². The third kappa shape index (κ3) is 5.07. The number of likely N-dealkylation sites (tertiary alicyclic amines) is 1. The van der Waals surface area contributed by atoms with Crippen LogP contribution in [-0.2, 0) is 4.79 Å². The number of nitrogens with zero attached hydrogens (tertiary/aromatic N) is 1. The number of hydrogen-bond donors (Lipinski definition) is 1. The van der Waals surface area contributed by atoms with Crippen molar-refractivity contribution >= 4 is 29.0 Å². The van der Waals surface area contributed by atoms with Crippen LogP contribution in [0.1, 0.15) is 60.3 Å². The van der Waals surface area contributed by atoms with Crippen molar-refractivity contribution in [1.82, 2.24) is 10.2 Å². The normalized spacial score (nSPS) is 31.4. The van der Waals surface area contributed by atoms with Crippen LogP contribution in [0, 0.1) is 16.7 Å². The third-order valence-electron chi connectivity index (χ3n) is 5.81. The molecule has 0 aromatic carbocycles. The summed E-state index contributed by atoms with van der Waals surface area (Å²) in [5.41, 5.74) is 3.23. The molecule has 2 rings (SSSR count). The van der Waals surface area contributed by atoms with Crippen LogP contribution in [0.15, 0.2) is 20.9 Å². The Balaban J connectivity index is 2.09. The molecule has 1 fully saturated rings. The molecule has 2 aliphatic rings. The maximum atomic E-state index is 11.0. The Bertz CT molecular complexity index is 538. The van der Waals surface area contributed by atoms with Crippen LogP contribution in [0.2, 0.25) is 0 Å². The number of hydrogen-bond acceptors (Lipinski definition) is 2. The number of allylic oxidation sites excluding steroid dienone is 2. The summed E-state index contributed by atoms with van der Waals surface area (Å²) in [4.78, 5) is 13.6. The van der Waals surface area contributed by atoms with E-state index in [-0.39, 0.29) is 0 Å². The lowest BCUT2D eigenvalue weighted by Gasteiger charge is -2.36. The van der Waals surface area contributed by atoms with Crippen LogP contribution in [0.25, 0.3) is 0 Å². The van der Waals surface area contributed by atoms with Crippen molar-refractivity contribution < 1.29 is 4.79 Å². The van der Waals surface area contributed by atoms with Gasteiger partial charge in [-0.05, 0) is 72.6 Å². The fourth-order valence-electron chi connectivity index (χ4n) is 4.37. The van der Waals surface area contributed by atoms with Gasteiger partial charge in [0.25, 0.3) is 0 Å². The van der Waals surface area contributed by atoms with Gasteiger partial charge in [-0.15, -0.1) is 0 Å². The number of carbonyl (C=O) groups excluding carboxylic acids is 1. The van der Waals surface area contributed by atoms with Gasteiger partial charge in [0.2, 0.25) is 6.41 Å². The summed E-state index contributed by atoms with van der Waals surface area (Å²) >= 11 is 2.50. The Labute approximate surface area is 161 Å². The van der Waals surface area contributed by atoms with Crippen LogP contribution in [0.3, 0.4) is 0 Å². The molecule has 1 aliphatic carbocycles. The van der Waals surface area contributed by atoms with E-state index in [0.717, 1.165) is 31.5 Å². The standard InChI is InChI=1S/C20H33IN2O/c1-6-20(5)7-8-23(13-20)12-17(21)9-16-11-19(3,4)10-15(2)18(16)22-14-24/h9,14,16H,6-8,10-13H2,1-5H3,(H,22,24)/b17-9-. The van der Waals surface area contributed by atoms with Crippen molar-refractivity contribution in [2.45, 2.75) is 60.3 Å². The van der Waals surface area contributed by atoms with E-state index in [0.29, 0.717) is 16.7 Å². The first-order chi connectivity index (χ1) is 11.2. The van der Waals surface area contributed by atoms with Crippen molar-refractivity contribution in [3.63, 3.8) is 0 Å². The molecule has 1 saturated heterocycles. The van der Waals surface area contributed by atoms with Gasteiger partial charge in [0.1, 0.15) is 0 Å². The summed E-state index contributed by atoms with van der Waals surface area (Å²) in [6.45, 7) is 15.0. The smallest absolute Gasteiger partial charge is 0.211 e. The van der Waals surface area contributed by atoms with Crippen LogP contribution in [0.5, 0.6) is 0 Å². The highest BCUT2D eigenvalue weighted by Gasteiger charge is 2.33. The topological polar surface area (TPSA) is 32.3 Å². The summed E-state index contributed by atoms with van der Waals surface area (Å²) in [5, 5.41) is 2.98. The molecule has 0 aromatic rings. The molecule has 1 amide bonds. The molecule has 0 saturated carbocycles. The van der Waals surface area contributed by atoms with E-state index >= 15 is 0 Å². The van der Waals surface area contributed by atoms with E-state index in [9.17, 15) is 4.79 Å². The maximum Gasteiger partial charge on any atom is 0.211 e. The largest absolute Gasteiger partial charge is 0.332 e. The Morgan fingerprint density at radius 1 is 1.42 bits per heavy atom. The Kier molecular flexibility index (Phi) is 6.57. The minimum atomic E-state index is 0.296. The van der Waals surface area contributed by atoms with E-state index < -0.39 is 0 Å². The summed E-state index contributed by atoms with van der Waals surface area (Å²) < 4.78 is 1.40. The zero-order chi connectivity index (χ0) is 18.0. The molecule has 0 bridgehead atoms. The van der Waals surface area contributed by atoms with E-state index in [2.05, 4.69) is 73.5 Å². The first-order valence-corrected chi connectivity index (χ1v) is 10.2. The summed E-state index contributed by atoms with van der Waals surface area (Å²) in [5.74, 6) is 0.325. The molecule has 2 atom stereocenters. The highest BCUT2D eigenvalue weighted by Crippen LogP contribution is 2.42. The second kappa shape index (κ2) is 7.90. The fourth-order valence-corrected chi connectivity index (χ4v) is 5.29. The van der Waals surface area contributed by atoms with Gasteiger partial charge in [-0.3, -0.25) is 9.69 Å². The maximum absolute atomic E-state index is 11.0. The molecule has 1 heterocycles. The van der Waals surface area contributed by atoms with Crippen LogP contribution >= 0.6 is 22.6 Å². The summed E-state index contributed by atoms with van der Waals surface area (Å²) in [6.07, 6.45) is 7.94. The SMILES string of the molecule is CCC1(C)CCN(C/C(I)=C/C2CC(C)(C)CC(C)=C2NC=O)C1. The van der Waals surface area contributed by atoms with Gasteiger partial charge in [-0.1, -0.05) is 39.3 Å². The second-order valence-corrected chi connectivity index (χ2v) is 10.2. The van der Waals surface area contributed by atoms with Gasteiger partial charge < -0.3 is 5.32 Å². The van der Waals surface area contributed by atoms with E-state index in [1.54, 1.807) is 0 Å². The monoisotopic (exact) mass is 444 g/mol. The second-order valence-electron chi connectivity index (χ2n) is 8.85. The fraction of sp³-hybridized carbons (Fsp3) is 0.750. The van der Waals surface area contributed by atoms with Crippen molar-refractivity contribution in [2.75, 3.05) is 19.6 Å². The predicted molar refractivity (Wildman–Crippen MR) is 110 cm³/mol. The number of carbonyl (C=O) groups is 1. The average molecular weight is 444 g/mol. The average Bonchev–Trinajstić information content (AvgIpc) is 2.83. The van der Waals surface area contributed by atoms with Crippen LogP contribution in [-0.4, -0.2) is 30.9 Å². The Morgan fingerprint density at radius 3 is 2.71 bits per heavy atom. The highest BCUT2D eigenvalue weighted by atomic mass is 127. The molecule has 136 valence electrons. The van der Waals surface area contributed by atoms with Crippen molar-refractivity contribution in [1.29, 1.82) is 0 Å². The zero-order valence-electron chi connectivity index (χ0n) is 15.9. The Morgan fingerprint density at radius 2 is 2.12 bits per heavy atom. The number of nitrogens with one attached hydrogen (secondary N) is 1. The number of rotatable bonds is 6. The first kappa shape index (κ1) is 20.0. The molecule has 0 radical (unpaired) electrons. The molecule has 1 N–H and O–H groups in total.